The van der Waals surface area contributed by atoms with Crippen molar-refractivity contribution in [1.29, 1.82) is 0 Å². The number of rotatable bonds is 8. The van der Waals surface area contributed by atoms with Crippen molar-refractivity contribution in [2.24, 2.45) is 11.3 Å². The number of aromatic nitrogens is 2. The van der Waals surface area contributed by atoms with E-state index in [1.807, 2.05) is 20.8 Å². The second kappa shape index (κ2) is 6.56. The van der Waals surface area contributed by atoms with Crippen molar-refractivity contribution in [3.8, 4) is 0 Å². The molecule has 1 fully saturated rings. The summed E-state index contributed by atoms with van der Waals surface area (Å²) in [6.45, 7) is 6.56. The van der Waals surface area contributed by atoms with Crippen LogP contribution in [0.5, 0.6) is 0 Å². The van der Waals surface area contributed by atoms with Gasteiger partial charge < -0.3 is 14.3 Å². The van der Waals surface area contributed by atoms with Crippen LogP contribution in [-0.2, 0) is 22.4 Å². The van der Waals surface area contributed by atoms with Crippen LogP contribution >= 0.6 is 0 Å². The molecule has 6 nitrogen and oxygen atoms in total. The van der Waals surface area contributed by atoms with E-state index in [1.165, 1.54) is 0 Å². The molecule has 0 amide bonds. The number of aliphatic carboxylic acids is 1. The zero-order valence-corrected chi connectivity index (χ0v) is 13.0. The fourth-order valence-electron chi connectivity index (χ4n) is 2.78. The third-order valence-electron chi connectivity index (χ3n) is 3.83. The number of carboxylic acids is 1. The molecule has 2 rings (SSSR count). The molecule has 118 valence electrons. The van der Waals surface area contributed by atoms with Gasteiger partial charge in [-0.15, -0.1) is 10.2 Å². The van der Waals surface area contributed by atoms with E-state index in [-0.39, 0.29) is 11.8 Å². The van der Waals surface area contributed by atoms with Crippen LogP contribution in [0.2, 0.25) is 0 Å². The van der Waals surface area contributed by atoms with Crippen molar-refractivity contribution in [3.05, 3.63) is 11.8 Å². The summed E-state index contributed by atoms with van der Waals surface area (Å²) in [4.78, 5) is 10.8. The van der Waals surface area contributed by atoms with E-state index in [1.54, 1.807) is 0 Å². The van der Waals surface area contributed by atoms with Gasteiger partial charge in [0.1, 0.15) is 0 Å². The van der Waals surface area contributed by atoms with Gasteiger partial charge >= 0.3 is 5.97 Å². The minimum atomic E-state index is -0.809. The Hall–Kier alpha value is -1.43. The lowest BCUT2D eigenvalue weighted by molar-refractivity contribution is -0.139. The molecular weight excluding hydrogens is 272 g/mol. The predicted molar refractivity (Wildman–Crippen MR) is 75.9 cm³/mol. The minimum absolute atomic E-state index is 0.0867. The number of hydrogen-bond donors (Lipinski definition) is 1. The Labute approximate surface area is 124 Å². The van der Waals surface area contributed by atoms with Crippen molar-refractivity contribution in [2.45, 2.75) is 59.0 Å². The molecule has 0 bridgehead atoms. The van der Waals surface area contributed by atoms with Gasteiger partial charge in [0.25, 0.3) is 0 Å². The van der Waals surface area contributed by atoms with Gasteiger partial charge in [0.05, 0.1) is 12.5 Å². The van der Waals surface area contributed by atoms with Crippen molar-refractivity contribution in [3.63, 3.8) is 0 Å². The van der Waals surface area contributed by atoms with Crippen LogP contribution in [0.15, 0.2) is 4.42 Å². The van der Waals surface area contributed by atoms with E-state index in [2.05, 4.69) is 10.2 Å². The molecule has 1 aromatic rings. The Balaban J connectivity index is 1.81. The fraction of sp³-hybridized carbons (Fsp3) is 0.800. The molecule has 0 aromatic carbocycles. The van der Waals surface area contributed by atoms with Crippen LogP contribution in [0.25, 0.3) is 0 Å². The van der Waals surface area contributed by atoms with E-state index >= 15 is 0 Å². The first kappa shape index (κ1) is 15.9. The SMILES string of the molecule is CCOC1CC(Cc2nnc(CC(C)(C)CC(=O)O)o2)C1. The van der Waals surface area contributed by atoms with Crippen molar-refractivity contribution in [2.75, 3.05) is 6.61 Å². The molecule has 6 heteroatoms. The highest BCUT2D eigenvalue weighted by Crippen LogP contribution is 2.33. The monoisotopic (exact) mass is 296 g/mol. The molecular formula is C15H24N2O4. The Kier molecular flexibility index (Phi) is 4.98. The molecule has 1 N–H and O–H groups in total. The Morgan fingerprint density at radius 2 is 2.05 bits per heavy atom. The number of ether oxygens (including phenoxy) is 1. The molecule has 0 unspecified atom stereocenters. The predicted octanol–water partition coefficient (Wildman–Crippen LogP) is 2.47. The standard InChI is InChI=1S/C15H24N2O4/c1-4-20-11-5-10(6-11)7-12-16-17-13(21-12)8-15(2,3)9-14(18)19/h10-11H,4-9H2,1-3H3,(H,18,19). The maximum atomic E-state index is 10.8. The molecule has 0 saturated heterocycles. The summed E-state index contributed by atoms with van der Waals surface area (Å²) >= 11 is 0. The summed E-state index contributed by atoms with van der Waals surface area (Å²) < 4.78 is 11.2. The first-order valence-corrected chi connectivity index (χ1v) is 7.52. The molecule has 1 saturated carbocycles. The van der Waals surface area contributed by atoms with Gasteiger partial charge in [-0.2, -0.15) is 0 Å². The number of carbonyl (C=O) groups is 1. The van der Waals surface area contributed by atoms with Gasteiger partial charge in [0.2, 0.25) is 11.8 Å². The first-order chi connectivity index (χ1) is 9.88. The van der Waals surface area contributed by atoms with Gasteiger partial charge in [0.15, 0.2) is 0 Å². The molecule has 21 heavy (non-hydrogen) atoms. The van der Waals surface area contributed by atoms with Crippen molar-refractivity contribution in [1.82, 2.24) is 10.2 Å². The van der Waals surface area contributed by atoms with E-state index in [0.717, 1.165) is 25.9 Å². The van der Waals surface area contributed by atoms with E-state index in [9.17, 15) is 4.79 Å². The van der Waals surface area contributed by atoms with E-state index < -0.39 is 5.97 Å². The normalized spacial score (nSPS) is 22.0. The van der Waals surface area contributed by atoms with E-state index in [0.29, 0.717) is 30.2 Å². The zero-order valence-electron chi connectivity index (χ0n) is 13.0. The highest BCUT2D eigenvalue weighted by Gasteiger charge is 2.31. The molecule has 0 spiro atoms. The van der Waals surface area contributed by atoms with Crippen LogP contribution in [-0.4, -0.2) is 34.0 Å². The van der Waals surface area contributed by atoms with E-state index in [4.69, 9.17) is 14.3 Å². The lowest BCUT2D eigenvalue weighted by Crippen LogP contribution is -2.32. The average molecular weight is 296 g/mol. The van der Waals surface area contributed by atoms with Gasteiger partial charge in [-0.1, -0.05) is 13.8 Å². The first-order valence-electron chi connectivity index (χ1n) is 7.52. The summed E-state index contributed by atoms with van der Waals surface area (Å²) in [6.07, 6.45) is 3.85. The third-order valence-corrected chi connectivity index (χ3v) is 3.83. The van der Waals surface area contributed by atoms with Gasteiger partial charge in [-0.05, 0) is 31.1 Å². The van der Waals surface area contributed by atoms with Gasteiger partial charge in [-0.25, -0.2) is 0 Å². The summed E-state index contributed by atoms with van der Waals surface area (Å²) in [5, 5.41) is 17.0. The van der Waals surface area contributed by atoms with Crippen LogP contribution in [0, 0.1) is 11.3 Å². The summed E-state index contributed by atoms with van der Waals surface area (Å²) in [7, 11) is 0. The smallest absolute Gasteiger partial charge is 0.303 e. The van der Waals surface area contributed by atoms with Gasteiger partial charge in [-0.3, -0.25) is 4.79 Å². The highest BCUT2D eigenvalue weighted by molar-refractivity contribution is 5.67. The Bertz CT molecular complexity index is 478. The topological polar surface area (TPSA) is 85.5 Å². The molecule has 0 aliphatic heterocycles. The summed E-state index contributed by atoms with van der Waals surface area (Å²) in [5.41, 5.74) is -0.383. The Morgan fingerprint density at radius 3 is 2.67 bits per heavy atom. The third kappa shape index (κ3) is 4.81. The molecule has 0 radical (unpaired) electrons. The van der Waals surface area contributed by atoms with Gasteiger partial charge in [0, 0.05) is 19.4 Å². The van der Waals surface area contributed by atoms with Crippen LogP contribution in [0.3, 0.4) is 0 Å². The number of hydrogen-bond acceptors (Lipinski definition) is 5. The largest absolute Gasteiger partial charge is 0.481 e. The summed E-state index contributed by atoms with van der Waals surface area (Å²) in [5.74, 6) is 0.922. The molecule has 1 aliphatic rings. The van der Waals surface area contributed by atoms with Crippen LogP contribution < -0.4 is 0 Å². The maximum absolute atomic E-state index is 10.8. The van der Waals surface area contributed by atoms with Crippen LogP contribution in [0.4, 0.5) is 0 Å². The summed E-state index contributed by atoms with van der Waals surface area (Å²) in [6, 6.07) is 0. The molecule has 1 aromatic heterocycles. The van der Waals surface area contributed by atoms with Crippen molar-refractivity contribution >= 4 is 5.97 Å². The van der Waals surface area contributed by atoms with Crippen molar-refractivity contribution < 1.29 is 19.1 Å². The second-order valence-corrected chi connectivity index (χ2v) is 6.62. The highest BCUT2D eigenvalue weighted by atomic mass is 16.5. The lowest BCUT2D eigenvalue weighted by atomic mass is 9.80. The quantitative estimate of drug-likeness (QED) is 0.793. The molecule has 1 heterocycles. The Morgan fingerprint density at radius 1 is 1.38 bits per heavy atom. The van der Waals surface area contributed by atoms with Crippen LogP contribution in [0.1, 0.15) is 51.8 Å². The zero-order chi connectivity index (χ0) is 15.5. The number of carboxylic acid groups (broad SMARTS) is 1. The lowest BCUT2D eigenvalue weighted by Gasteiger charge is -2.34. The fourth-order valence-corrected chi connectivity index (χ4v) is 2.78. The number of nitrogens with zero attached hydrogens (tertiary/aromatic N) is 2. The minimum Gasteiger partial charge on any atom is -0.481 e. The maximum Gasteiger partial charge on any atom is 0.303 e. The molecule has 0 atom stereocenters. The average Bonchev–Trinajstić information content (AvgIpc) is 2.71. The molecule has 1 aliphatic carbocycles. The second-order valence-electron chi connectivity index (χ2n) is 6.62.